The second-order valence-corrected chi connectivity index (χ2v) is 7.76. The third kappa shape index (κ3) is 5.00. The molecule has 0 spiro atoms. The van der Waals surface area contributed by atoms with E-state index in [1.807, 2.05) is 31.2 Å². The number of aryl methyl sites for hydroxylation is 1. The SMILES string of the molecule is Cc1ccccc1NC(=O)CSc1cc(-n2ccc(C(=O)NC3CC3)n2)ncn1. The fraction of sp³-hybridized carbons (Fsp3) is 0.250. The molecule has 0 bridgehead atoms. The Labute approximate surface area is 172 Å². The Morgan fingerprint density at radius 2 is 2.03 bits per heavy atom. The van der Waals surface area contributed by atoms with Gasteiger partial charge in [0.1, 0.15) is 11.4 Å². The lowest BCUT2D eigenvalue weighted by molar-refractivity contribution is -0.113. The Bertz CT molecular complexity index is 1050. The van der Waals surface area contributed by atoms with E-state index in [2.05, 4.69) is 25.7 Å². The number of anilines is 1. The smallest absolute Gasteiger partial charge is 0.272 e. The third-order valence-electron chi connectivity index (χ3n) is 4.37. The third-order valence-corrected chi connectivity index (χ3v) is 5.29. The predicted octanol–water partition coefficient (Wildman–Crippen LogP) is 2.59. The molecule has 1 aliphatic rings. The number of aromatic nitrogens is 4. The number of benzene rings is 1. The average molecular weight is 408 g/mol. The molecule has 0 unspecified atom stereocenters. The molecule has 2 heterocycles. The quantitative estimate of drug-likeness (QED) is 0.460. The summed E-state index contributed by atoms with van der Waals surface area (Å²) in [5.41, 5.74) is 2.16. The standard InChI is InChI=1S/C20H20N6O2S/c1-13-4-2-3-5-15(13)24-18(27)11-29-19-10-17(21-12-22-19)26-9-8-16(25-26)20(28)23-14-6-7-14/h2-5,8-10,12,14H,6-7,11H2,1H3,(H,23,28)(H,24,27). The summed E-state index contributed by atoms with van der Waals surface area (Å²) in [5, 5.41) is 10.7. The highest BCUT2D eigenvalue weighted by Crippen LogP contribution is 2.20. The number of hydrogen-bond donors (Lipinski definition) is 2. The molecule has 2 amide bonds. The number of nitrogens with one attached hydrogen (secondary N) is 2. The van der Waals surface area contributed by atoms with Crippen molar-refractivity contribution in [3.63, 3.8) is 0 Å². The first-order chi connectivity index (χ1) is 14.1. The van der Waals surface area contributed by atoms with Gasteiger partial charge in [0.25, 0.3) is 5.91 Å². The van der Waals surface area contributed by atoms with E-state index in [-0.39, 0.29) is 23.6 Å². The summed E-state index contributed by atoms with van der Waals surface area (Å²) in [6, 6.07) is 11.3. The van der Waals surface area contributed by atoms with Gasteiger partial charge in [-0.05, 0) is 37.5 Å². The van der Waals surface area contributed by atoms with Gasteiger partial charge in [0, 0.05) is 24.0 Å². The van der Waals surface area contributed by atoms with Crippen LogP contribution in [-0.2, 0) is 4.79 Å². The van der Waals surface area contributed by atoms with Crippen molar-refractivity contribution in [3.8, 4) is 5.82 Å². The molecule has 0 atom stereocenters. The van der Waals surface area contributed by atoms with Gasteiger partial charge >= 0.3 is 0 Å². The van der Waals surface area contributed by atoms with Gasteiger partial charge in [0.15, 0.2) is 11.5 Å². The average Bonchev–Trinajstić information content (AvgIpc) is 3.39. The first kappa shape index (κ1) is 19.1. The van der Waals surface area contributed by atoms with Crippen LogP contribution in [-0.4, -0.2) is 43.4 Å². The Hall–Kier alpha value is -3.20. The highest BCUT2D eigenvalue weighted by atomic mass is 32.2. The lowest BCUT2D eigenvalue weighted by Crippen LogP contribution is -2.25. The zero-order valence-corrected chi connectivity index (χ0v) is 16.6. The minimum atomic E-state index is -0.178. The van der Waals surface area contributed by atoms with Crippen molar-refractivity contribution in [2.24, 2.45) is 0 Å². The Kier molecular flexibility index (Phi) is 5.57. The van der Waals surface area contributed by atoms with Crippen LogP contribution < -0.4 is 10.6 Å². The van der Waals surface area contributed by atoms with Gasteiger partial charge in [0.05, 0.1) is 5.75 Å². The summed E-state index contributed by atoms with van der Waals surface area (Å²) >= 11 is 1.31. The number of carbonyl (C=O) groups excluding carboxylic acids is 2. The summed E-state index contributed by atoms with van der Waals surface area (Å²) in [4.78, 5) is 32.7. The lowest BCUT2D eigenvalue weighted by atomic mass is 10.2. The minimum Gasteiger partial charge on any atom is -0.348 e. The lowest BCUT2D eigenvalue weighted by Gasteiger charge is -2.08. The topological polar surface area (TPSA) is 102 Å². The molecule has 0 aliphatic heterocycles. The molecular formula is C20H20N6O2S. The molecule has 0 saturated heterocycles. The highest BCUT2D eigenvalue weighted by Gasteiger charge is 2.24. The van der Waals surface area contributed by atoms with Crippen molar-refractivity contribution >= 4 is 29.3 Å². The Morgan fingerprint density at radius 3 is 2.83 bits per heavy atom. The van der Waals surface area contributed by atoms with E-state index in [4.69, 9.17) is 0 Å². The molecular weight excluding hydrogens is 388 g/mol. The fourth-order valence-corrected chi connectivity index (χ4v) is 3.29. The van der Waals surface area contributed by atoms with Gasteiger partial charge in [0.2, 0.25) is 5.91 Å². The van der Waals surface area contributed by atoms with E-state index in [1.54, 1.807) is 18.3 Å². The molecule has 2 N–H and O–H groups in total. The van der Waals surface area contributed by atoms with Crippen LogP contribution in [0.5, 0.6) is 0 Å². The number of rotatable bonds is 7. The van der Waals surface area contributed by atoms with Crippen molar-refractivity contribution in [1.29, 1.82) is 0 Å². The van der Waals surface area contributed by atoms with Gasteiger partial charge in [-0.25, -0.2) is 14.6 Å². The number of amides is 2. The van der Waals surface area contributed by atoms with Gasteiger partial charge in [-0.3, -0.25) is 9.59 Å². The first-order valence-electron chi connectivity index (χ1n) is 9.26. The van der Waals surface area contributed by atoms with E-state index in [1.165, 1.54) is 22.8 Å². The largest absolute Gasteiger partial charge is 0.348 e. The molecule has 3 aromatic rings. The van der Waals surface area contributed by atoms with Crippen LogP contribution in [0.3, 0.4) is 0 Å². The summed E-state index contributed by atoms with van der Waals surface area (Å²) in [5.74, 6) is 0.469. The Balaban J connectivity index is 1.37. The molecule has 9 heteroatoms. The zero-order chi connectivity index (χ0) is 20.2. The number of para-hydroxylation sites is 1. The molecule has 148 valence electrons. The minimum absolute atomic E-state index is 0.109. The predicted molar refractivity (Wildman–Crippen MR) is 110 cm³/mol. The molecule has 1 aliphatic carbocycles. The number of nitrogens with zero attached hydrogens (tertiary/aromatic N) is 4. The number of hydrogen-bond acceptors (Lipinski definition) is 6. The van der Waals surface area contributed by atoms with Crippen molar-refractivity contribution in [1.82, 2.24) is 25.1 Å². The molecule has 2 aromatic heterocycles. The summed E-state index contributed by atoms with van der Waals surface area (Å²) in [6.07, 6.45) is 5.15. The fourth-order valence-electron chi connectivity index (χ4n) is 2.63. The molecule has 4 rings (SSSR count). The maximum atomic E-state index is 12.2. The van der Waals surface area contributed by atoms with Crippen molar-refractivity contribution < 1.29 is 9.59 Å². The molecule has 8 nitrogen and oxygen atoms in total. The van der Waals surface area contributed by atoms with E-state index < -0.39 is 0 Å². The van der Waals surface area contributed by atoms with Crippen LogP contribution in [0.15, 0.2) is 53.9 Å². The van der Waals surface area contributed by atoms with Crippen LogP contribution >= 0.6 is 11.8 Å². The molecule has 1 aromatic carbocycles. The van der Waals surface area contributed by atoms with Crippen molar-refractivity contribution in [2.75, 3.05) is 11.1 Å². The summed E-state index contributed by atoms with van der Waals surface area (Å²) < 4.78 is 1.53. The molecule has 1 fully saturated rings. The van der Waals surface area contributed by atoms with Crippen molar-refractivity contribution in [2.45, 2.75) is 30.8 Å². The van der Waals surface area contributed by atoms with Crippen LogP contribution in [0.4, 0.5) is 5.69 Å². The molecule has 29 heavy (non-hydrogen) atoms. The highest BCUT2D eigenvalue weighted by molar-refractivity contribution is 7.99. The maximum absolute atomic E-state index is 12.2. The maximum Gasteiger partial charge on any atom is 0.272 e. The molecule has 1 saturated carbocycles. The van der Waals surface area contributed by atoms with Crippen LogP contribution in [0.25, 0.3) is 5.82 Å². The second kappa shape index (κ2) is 8.44. The van der Waals surface area contributed by atoms with Crippen LogP contribution in [0.1, 0.15) is 28.9 Å². The molecule has 0 radical (unpaired) electrons. The Morgan fingerprint density at radius 1 is 1.21 bits per heavy atom. The van der Waals surface area contributed by atoms with E-state index in [0.29, 0.717) is 16.5 Å². The first-order valence-corrected chi connectivity index (χ1v) is 10.2. The van der Waals surface area contributed by atoms with E-state index >= 15 is 0 Å². The van der Waals surface area contributed by atoms with E-state index in [9.17, 15) is 9.59 Å². The van der Waals surface area contributed by atoms with E-state index in [0.717, 1.165) is 24.1 Å². The van der Waals surface area contributed by atoms with Crippen LogP contribution in [0.2, 0.25) is 0 Å². The monoisotopic (exact) mass is 408 g/mol. The van der Waals surface area contributed by atoms with Crippen molar-refractivity contribution in [3.05, 3.63) is 60.2 Å². The van der Waals surface area contributed by atoms with Gasteiger partial charge in [-0.15, -0.1) is 0 Å². The number of thioether (sulfide) groups is 1. The van der Waals surface area contributed by atoms with Gasteiger partial charge < -0.3 is 10.6 Å². The van der Waals surface area contributed by atoms with Crippen LogP contribution in [0, 0.1) is 6.92 Å². The zero-order valence-electron chi connectivity index (χ0n) is 15.8. The normalized spacial score (nSPS) is 13.1. The second-order valence-electron chi connectivity index (χ2n) is 6.76. The number of carbonyl (C=O) groups is 2. The van der Waals surface area contributed by atoms with Gasteiger partial charge in [-0.2, -0.15) is 5.10 Å². The van der Waals surface area contributed by atoms with Gasteiger partial charge in [-0.1, -0.05) is 30.0 Å². The summed E-state index contributed by atoms with van der Waals surface area (Å²) in [6.45, 7) is 1.95. The summed E-state index contributed by atoms with van der Waals surface area (Å²) in [7, 11) is 0.